The molecule has 2 aromatic rings. The van der Waals surface area contributed by atoms with E-state index in [1.165, 1.54) is 16.8 Å². The molecule has 2 rings (SSSR count). The van der Waals surface area contributed by atoms with Crippen LogP contribution >= 0.6 is 0 Å². The van der Waals surface area contributed by atoms with Crippen molar-refractivity contribution in [2.24, 2.45) is 0 Å². The Morgan fingerprint density at radius 1 is 1.29 bits per heavy atom. The fourth-order valence-corrected chi connectivity index (χ4v) is 2.36. The number of benzene rings is 1. The summed E-state index contributed by atoms with van der Waals surface area (Å²) in [7, 11) is 1.72. The zero-order chi connectivity index (χ0) is 15.2. The van der Waals surface area contributed by atoms with E-state index in [4.69, 9.17) is 4.74 Å². The molecule has 1 N–H and O–H groups in total. The van der Waals surface area contributed by atoms with E-state index in [9.17, 15) is 0 Å². The van der Waals surface area contributed by atoms with Crippen molar-refractivity contribution in [1.82, 2.24) is 14.9 Å². The molecule has 0 spiro atoms. The lowest BCUT2D eigenvalue weighted by Crippen LogP contribution is -2.14. The highest BCUT2D eigenvalue weighted by molar-refractivity contribution is 5.38. The van der Waals surface area contributed by atoms with Crippen LogP contribution in [0, 0.1) is 13.8 Å². The van der Waals surface area contributed by atoms with Gasteiger partial charge in [-0.15, -0.1) is 0 Å². The summed E-state index contributed by atoms with van der Waals surface area (Å²) >= 11 is 0. The van der Waals surface area contributed by atoms with Crippen LogP contribution in [0.1, 0.15) is 35.9 Å². The maximum atomic E-state index is 5.49. The molecular weight excluding hydrogens is 262 g/mol. The van der Waals surface area contributed by atoms with Crippen LogP contribution in [0.3, 0.4) is 0 Å². The lowest BCUT2D eigenvalue weighted by Gasteiger charge is -2.13. The number of rotatable bonds is 7. The maximum absolute atomic E-state index is 5.49. The first-order chi connectivity index (χ1) is 10.2. The van der Waals surface area contributed by atoms with Gasteiger partial charge >= 0.3 is 0 Å². The van der Waals surface area contributed by atoms with Crippen molar-refractivity contribution in [2.45, 2.75) is 40.3 Å². The molecule has 0 atom stereocenters. The SMILES string of the molecule is CCCNCc1ccc(OC)c(Cn2cnc(C)c2C)c1. The van der Waals surface area contributed by atoms with E-state index >= 15 is 0 Å². The van der Waals surface area contributed by atoms with Gasteiger partial charge in [-0.05, 0) is 44.5 Å². The Hall–Kier alpha value is -1.81. The number of ether oxygens (including phenoxy) is 1. The van der Waals surface area contributed by atoms with Gasteiger partial charge in [0.2, 0.25) is 0 Å². The van der Waals surface area contributed by atoms with Crippen molar-refractivity contribution in [1.29, 1.82) is 0 Å². The molecule has 1 aromatic carbocycles. The van der Waals surface area contributed by atoms with E-state index in [-0.39, 0.29) is 0 Å². The number of nitrogens with zero attached hydrogens (tertiary/aromatic N) is 2. The number of aryl methyl sites for hydroxylation is 1. The van der Waals surface area contributed by atoms with Crippen LogP contribution in [-0.2, 0) is 13.1 Å². The van der Waals surface area contributed by atoms with Gasteiger partial charge in [0, 0.05) is 17.8 Å². The second kappa shape index (κ2) is 7.27. The van der Waals surface area contributed by atoms with Gasteiger partial charge in [0.1, 0.15) is 5.75 Å². The molecule has 4 nitrogen and oxygen atoms in total. The van der Waals surface area contributed by atoms with E-state index in [0.717, 1.165) is 37.5 Å². The zero-order valence-electron chi connectivity index (χ0n) is 13.4. The molecule has 1 heterocycles. The second-order valence-electron chi connectivity index (χ2n) is 5.37. The van der Waals surface area contributed by atoms with Crippen molar-refractivity contribution in [3.8, 4) is 5.75 Å². The third-order valence-corrected chi connectivity index (χ3v) is 3.79. The summed E-state index contributed by atoms with van der Waals surface area (Å²) in [5.41, 5.74) is 4.75. The summed E-state index contributed by atoms with van der Waals surface area (Å²) in [5.74, 6) is 0.931. The molecule has 0 saturated heterocycles. The summed E-state index contributed by atoms with van der Waals surface area (Å²) in [6.45, 7) is 9.04. The third kappa shape index (κ3) is 3.85. The monoisotopic (exact) mass is 287 g/mol. The summed E-state index contributed by atoms with van der Waals surface area (Å²) in [5, 5.41) is 3.44. The van der Waals surface area contributed by atoms with Crippen molar-refractivity contribution in [2.75, 3.05) is 13.7 Å². The van der Waals surface area contributed by atoms with E-state index in [1.54, 1.807) is 7.11 Å². The van der Waals surface area contributed by atoms with Crippen LogP contribution in [0.25, 0.3) is 0 Å². The van der Waals surface area contributed by atoms with Gasteiger partial charge in [0.05, 0.1) is 25.7 Å². The molecule has 4 heteroatoms. The maximum Gasteiger partial charge on any atom is 0.123 e. The quantitative estimate of drug-likeness (QED) is 0.796. The smallest absolute Gasteiger partial charge is 0.123 e. The molecule has 0 unspecified atom stereocenters. The van der Waals surface area contributed by atoms with Gasteiger partial charge in [0.15, 0.2) is 0 Å². The lowest BCUT2D eigenvalue weighted by atomic mass is 10.1. The normalized spacial score (nSPS) is 10.9. The molecule has 0 saturated carbocycles. The van der Waals surface area contributed by atoms with E-state index in [2.05, 4.69) is 46.9 Å². The van der Waals surface area contributed by atoms with Crippen molar-refractivity contribution in [3.63, 3.8) is 0 Å². The topological polar surface area (TPSA) is 39.1 Å². The number of nitrogens with one attached hydrogen (secondary N) is 1. The van der Waals surface area contributed by atoms with Gasteiger partial charge in [-0.3, -0.25) is 0 Å². The molecule has 0 fully saturated rings. The summed E-state index contributed by atoms with van der Waals surface area (Å²) in [6, 6.07) is 6.39. The standard InChI is InChI=1S/C17H25N3O/c1-5-8-18-10-15-6-7-17(21-4)16(9-15)11-20-12-19-13(2)14(20)3/h6-7,9,12,18H,5,8,10-11H2,1-4H3. The number of hydrogen-bond donors (Lipinski definition) is 1. The van der Waals surface area contributed by atoms with Crippen LogP contribution in [0.15, 0.2) is 24.5 Å². The Balaban J connectivity index is 2.19. The first-order valence-electron chi connectivity index (χ1n) is 7.50. The minimum absolute atomic E-state index is 0.789. The van der Waals surface area contributed by atoms with Crippen LogP contribution in [0.5, 0.6) is 5.75 Å². The third-order valence-electron chi connectivity index (χ3n) is 3.79. The minimum Gasteiger partial charge on any atom is -0.496 e. The van der Waals surface area contributed by atoms with Crippen LogP contribution in [0.4, 0.5) is 0 Å². The Morgan fingerprint density at radius 3 is 2.71 bits per heavy atom. The molecule has 114 valence electrons. The lowest BCUT2D eigenvalue weighted by molar-refractivity contribution is 0.408. The molecule has 0 amide bonds. The van der Waals surface area contributed by atoms with E-state index < -0.39 is 0 Å². The minimum atomic E-state index is 0.789. The molecule has 0 aliphatic carbocycles. The first-order valence-corrected chi connectivity index (χ1v) is 7.50. The molecule has 1 aromatic heterocycles. The Morgan fingerprint density at radius 2 is 2.10 bits per heavy atom. The van der Waals surface area contributed by atoms with Gasteiger partial charge < -0.3 is 14.6 Å². The molecule has 0 aliphatic heterocycles. The Bertz CT molecular complexity index is 590. The number of hydrogen-bond acceptors (Lipinski definition) is 3. The van der Waals surface area contributed by atoms with Crippen LogP contribution in [0.2, 0.25) is 0 Å². The highest BCUT2D eigenvalue weighted by Gasteiger charge is 2.08. The fourth-order valence-electron chi connectivity index (χ4n) is 2.36. The van der Waals surface area contributed by atoms with Gasteiger partial charge in [-0.1, -0.05) is 13.0 Å². The summed E-state index contributed by atoms with van der Waals surface area (Å²) < 4.78 is 7.65. The predicted octanol–water partition coefficient (Wildman–Crippen LogP) is 3.06. The predicted molar refractivity (Wildman–Crippen MR) is 85.8 cm³/mol. The summed E-state index contributed by atoms with van der Waals surface area (Å²) in [4.78, 5) is 4.36. The van der Waals surface area contributed by atoms with Gasteiger partial charge in [-0.25, -0.2) is 4.98 Å². The van der Waals surface area contributed by atoms with Crippen LogP contribution < -0.4 is 10.1 Å². The molecular formula is C17H25N3O. The Kier molecular flexibility index (Phi) is 5.39. The van der Waals surface area contributed by atoms with Crippen molar-refractivity contribution in [3.05, 3.63) is 47.0 Å². The van der Waals surface area contributed by atoms with E-state index in [1.807, 2.05) is 13.3 Å². The fraction of sp³-hybridized carbons (Fsp3) is 0.471. The number of methoxy groups -OCH3 is 1. The highest BCUT2D eigenvalue weighted by Crippen LogP contribution is 2.22. The van der Waals surface area contributed by atoms with Crippen LogP contribution in [-0.4, -0.2) is 23.2 Å². The van der Waals surface area contributed by atoms with Gasteiger partial charge in [-0.2, -0.15) is 0 Å². The molecule has 0 radical (unpaired) electrons. The van der Waals surface area contributed by atoms with Gasteiger partial charge in [0.25, 0.3) is 0 Å². The number of aromatic nitrogens is 2. The molecule has 0 aliphatic rings. The average Bonchev–Trinajstić information content (AvgIpc) is 2.80. The van der Waals surface area contributed by atoms with Crippen molar-refractivity contribution >= 4 is 0 Å². The van der Waals surface area contributed by atoms with Crippen molar-refractivity contribution < 1.29 is 4.74 Å². The average molecular weight is 287 g/mol. The zero-order valence-corrected chi connectivity index (χ0v) is 13.4. The Labute approximate surface area is 127 Å². The summed E-state index contributed by atoms with van der Waals surface area (Å²) in [6.07, 6.45) is 3.04. The highest BCUT2D eigenvalue weighted by atomic mass is 16.5. The second-order valence-corrected chi connectivity index (χ2v) is 5.37. The number of imidazole rings is 1. The molecule has 0 bridgehead atoms. The van der Waals surface area contributed by atoms with E-state index in [0.29, 0.717) is 0 Å². The first kappa shape index (κ1) is 15.6. The largest absolute Gasteiger partial charge is 0.496 e. The molecule has 21 heavy (non-hydrogen) atoms.